The molecule has 1 saturated heterocycles. The molecule has 0 aliphatic carbocycles. The largest absolute Gasteiger partial charge is 0.345 e. The van der Waals surface area contributed by atoms with Gasteiger partial charge in [0.15, 0.2) is 0 Å². The van der Waals surface area contributed by atoms with E-state index in [0.29, 0.717) is 11.3 Å². The molecule has 1 aliphatic heterocycles. The normalized spacial score (nSPS) is 15.2. The molecule has 0 saturated carbocycles. The van der Waals surface area contributed by atoms with Gasteiger partial charge in [-0.15, -0.1) is 0 Å². The summed E-state index contributed by atoms with van der Waals surface area (Å²) in [5.41, 5.74) is 3.35. The van der Waals surface area contributed by atoms with Crippen molar-refractivity contribution in [2.75, 3.05) is 4.90 Å². The van der Waals surface area contributed by atoms with Crippen LogP contribution in [0.25, 0.3) is 0 Å². The highest BCUT2D eigenvalue weighted by Crippen LogP contribution is 2.25. The summed E-state index contributed by atoms with van der Waals surface area (Å²) in [7, 11) is 0. The van der Waals surface area contributed by atoms with Crippen LogP contribution in [0.1, 0.15) is 61.1 Å². The van der Waals surface area contributed by atoms with Crippen molar-refractivity contribution < 1.29 is 14.4 Å². The maximum absolute atomic E-state index is 12.8. The molecular formula is C23H26N2O3. The molecule has 0 radical (unpaired) electrons. The van der Waals surface area contributed by atoms with Crippen LogP contribution in [0.5, 0.6) is 0 Å². The first-order valence-corrected chi connectivity index (χ1v) is 9.76. The average molecular weight is 378 g/mol. The number of amides is 3. The number of carbonyl (C=O) groups excluding carboxylic acids is 3. The van der Waals surface area contributed by atoms with Gasteiger partial charge in [-0.2, -0.15) is 0 Å². The van der Waals surface area contributed by atoms with Gasteiger partial charge in [-0.1, -0.05) is 45.0 Å². The van der Waals surface area contributed by atoms with Gasteiger partial charge in [0, 0.05) is 18.4 Å². The molecule has 146 valence electrons. The summed E-state index contributed by atoms with van der Waals surface area (Å²) in [5, 5.41) is 3.11. The van der Waals surface area contributed by atoms with Crippen LogP contribution in [0.3, 0.4) is 0 Å². The third kappa shape index (κ3) is 4.14. The second-order valence-electron chi connectivity index (χ2n) is 7.46. The molecule has 1 fully saturated rings. The van der Waals surface area contributed by atoms with E-state index in [1.807, 2.05) is 0 Å². The van der Waals surface area contributed by atoms with Gasteiger partial charge in [-0.3, -0.25) is 19.3 Å². The van der Waals surface area contributed by atoms with E-state index in [4.69, 9.17) is 0 Å². The van der Waals surface area contributed by atoms with Gasteiger partial charge < -0.3 is 5.32 Å². The van der Waals surface area contributed by atoms with Gasteiger partial charge >= 0.3 is 0 Å². The summed E-state index contributed by atoms with van der Waals surface area (Å²) in [4.78, 5) is 37.7. The van der Waals surface area contributed by atoms with Gasteiger partial charge in [-0.05, 0) is 47.7 Å². The molecule has 1 atom stereocenters. The number of rotatable bonds is 6. The Bertz CT molecular complexity index is 854. The van der Waals surface area contributed by atoms with Crippen molar-refractivity contribution in [3.8, 4) is 0 Å². The Kier molecular flexibility index (Phi) is 5.93. The zero-order valence-electron chi connectivity index (χ0n) is 16.6. The number of aryl methyl sites for hydroxylation is 1. The minimum atomic E-state index is -0.197. The number of imide groups is 1. The molecular weight excluding hydrogens is 352 g/mol. The van der Waals surface area contributed by atoms with Crippen LogP contribution in [-0.4, -0.2) is 17.7 Å². The number of hydrogen-bond donors (Lipinski definition) is 1. The first kappa shape index (κ1) is 19.8. The zero-order chi connectivity index (χ0) is 20.3. The Hall–Kier alpha value is -2.95. The maximum Gasteiger partial charge on any atom is 0.251 e. The molecule has 1 aliphatic rings. The Morgan fingerprint density at radius 1 is 0.964 bits per heavy atom. The smallest absolute Gasteiger partial charge is 0.251 e. The van der Waals surface area contributed by atoms with E-state index in [1.54, 1.807) is 24.3 Å². The minimum absolute atomic E-state index is 0.0974. The van der Waals surface area contributed by atoms with Gasteiger partial charge in [0.25, 0.3) is 5.91 Å². The predicted molar refractivity (Wildman–Crippen MR) is 109 cm³/mol. The average Bonchev–Trinajstić information content (AvgIpc) is 3.04. The molecule has 1 heterocycles. The molecule has 2 aromatic carbocycles. The minimum Gasteiger partial charge on any atom is -0.345 e. The van der Waals surface area contributed by atoms with Crippen LogP contribution >= 0.6 is 0 Å². The Morgan fingerprint density at radius 2 is 1.54 bits per heavy atom. The van der Waals surface area contributed by atoms with Gasteiger partial charge in [0.1, 0.15) is 0 Å². The fraction of sp³-hybridized carbons (Fsp3) is 0.348. The maximum atomic E-state index is 12.8. The SMILES string of the molecule is CCc1ccc(C(NC(=O)c2ccc(N3C(=O)CCC3=O)cc2)C(C)C)cc1. The molecule has 0 spiro atoms. The van der Waals surface area contributed by atoms with Crippen molar-refractivity contribution in [3.63, 3.8) is 0 Å². The Labute approximate surface area is 165 Å². The Balaban J connectivity index is 1.74. The summed E-state index contributed by atoms with van der Waals surface area (Å²) < 4.78 is 0. The highest BCUT2D eigenvalue weighted by molar-refractivity contribution is 6.19. The molecule has 0 bridgehead atoms. The lowest BCUT2D eigenvalue weighted by molar-refractivity contribution is -0.121. The quantitative estimate of drug-likeness (QED) is 0.772. The fourth-order valence-electron chi connectivity index (χ4n) is 3.45. The van der Waals surface area contributed by atoms with Crippen molar-refractivity contribution in [2.45, 2.75) is 46.1 Å². The van der Waals surface area contributed by atoms with E-state index < -0.39 is 0 Å². The zero-order valence-corrected chi connectivity index (χ0v) is 16.6. The van der Waals surface area contributed by atoms with E-state index in [0.717, 1.165) is 12.0 Å². The number of benzene rings is 2. The van der Waals surface area contributed by atoms with Crippen molar-refractivity contribution >= 4 is 23.4 Å². The van der Waals surface area contributed by atoms with Crippen molar-refractivity contribution in [3.05, 3.63) is 65.2 Å². The first-order chi connectivity index (χ1) is 13.4. The molecule has 2 aromatic rings. The van der Waals surface area contributed by atoms with Crippen LogP contribution < -0.4 is 10.2 Å². The third-order valence-corrected chi connectivity index (χ3v) is 5.14. The number of nitrogens with zero attached hydrogens (tertiary/aromatic N) is 1. The summed E-state index contributed by atoms with van der Waals surface area (Å²) in [5.74, 6) is -0.338. The van der Waals surface area contributed by atoms with Gasteiger partial charge in [0.2, 0.25) is 11.8 Å². The number of nitrogens with one attached hydrogen (secondary N) is 1. The van der Waals surface area contributed by atoms with Crippen LogP contribution in [0.15, 0.2) is 48.5 Å². The third-order valence-electron chi connectivity index (χ3n) is 5.14. The first-order valence-electron chi connectivity index (χ1n) is 9.76. The Morgan fingerprint density at radius 3 is 2.04 bits per heavy atom. The molecule has 1 unspecified atom stereocenters. The number of carbonyl (C=O) groups is 3. The lowest BCUT2D eigenvalue weighted by Crippen LogP contribution is -2.32. The molecule has 28 heavy (non-hydrogen) atoms. The highest BCUT2D eigenvalue weighted by Gasteiger charge is 2.30. The van der Waals surface area contributed by atoms with Gasteiger partial charge in [0.05, 0.1) is 11.7 Å². The van der Waals surface area contributed by atoms with Crippen LogP contribution in [0.4, 0.5) is 5.69 Å². The van der Waals surface area contributed by atoms with Crippen LogP contribution in [0, 0.1) is 5.92 Å². The van der Waals surface area contributed by atoms with E-state index in [-0.39, 0.29) is 42.5 Å². The molecule has 5 nitrogen and oxygen atoms in total. The molecule has 0 aromatic heterocycles. The predicted octanol–water partition coefficient (Wildman–Crippen LogP) is 4.03. The molecule has 3 rings (SSSR count). The monoisotopic (exact) mass is 378 g/mol. The molecule has 1 N–H and O–H groups in total. The van der Waals surface area contributed by atoms with Crippen molar-refractivity contribution in [2.24, 2.45) is 5.92 Å². The van der Waals surface area contributed by atoms with E-state index >= 15 is 0 Å². The van der Waals surface area contributed by atoms with Crippen molar-refractivity contribution in [1.82, 2.24) is 5.32 Å². The summed E-state index contributed by atoms with van der Waals surface area (Å²) >= 11 is 0. The van der Waals surface area contributed by atoms with E-state index in [9.17, 15) is 14.4 Å². The number of anilines is 1. The standard InChI is InChI=1S/C23H26N2O3/c1-4-16-5-7-17(8-6-16)22(15(2)3)24-23(28)18-9-11-19(12-10-18)25-20(26)13-14-21(25)27/h5-12,15,22H,4,13-14H2,1-3H3,(H,24,28). The van der Waals surface area contributed by atoms with Crippen LogP contribution in [0.2, 0.25) is 0 Å². The lowest BCUT2D eigenvalue weighted by atomic mass is 9.94. The highest BCUT2D eigenvalue weighted by atomic mass is 16.2. The van der Waals surface area contributed by atoms with E-state index in [2.05, 4.69) is 50.4 Å². The summed E-state index contributed by atoms with van der Waals surface area (Å²) in [6.07, 6.45) is 1.47. The van der Waals surface area contributed by atoms with E-state index in [1.165, 1.54) is 10.5 Å². The van der Waals surface area contributed by atoms with Crippen molar-refractivity contribution in [1.29, 1.82) is 0 Å². The second-order valence-corrected chi connectivity index (χ2v) is 7.46. The molecule has 3 amide bonds. The second kappa shape index (κ2) is 8.38. The molecule has 5 heteroatoms. The topological polar surface area (TPSA) is 66.5 Å². The van der Waals surface area contributed by atoms with Crippen LogP contribution in [-0.2, 0) is 16.0 Å². The summed E-state index contributed by atoms with van der Waals surface area (Å²) in [6.45, 7) is 6.27. The summed E-state index contributed by atoms with van der Waals surface area (Å²) in [6, 6.07) is 14.8. The van der Waals surface area contributed by atoms with Gasteiger partial charge in [-0.25, -0.2) is 0 Å². The number of hydrogen-bond acceptors (Lipinski definition) is 3. The lowest BCUT2D eigenvalue weighted by Gasteiger charge is -2.23. The fourth-order valence-corrected chi connectivity index (χ4v) is 3.45.